The Morgan fingerprint density at radius 1 is 0.667 bits per heavy atom. The van der Waals surface area contributed by atoms with E-state index in [0.717, 1.165) is 0 Å². The van der Waals surface area contributed by atoms with E-state index in [9.17, 15) is 0 Å². The van der Waals surface area contributed by atoms with Crippen molar-refractivity contribution >= 4 is 17.9 Å². The molecular formula is C18H25O2P. The molecule has 0 aliphatic rings. The summed E-state index contributed by atoms with van der Waals surface area (Å²) in [5, 5.41) is 2.69. The molecule has 2 rings (SSSR count). The Morgan fingerprint density at radius 2 is 1.00 bits per heavy atom. The third-order valence-electron chi connectivity index (χ3n) is 4.49. The molecule has 0 fully saturated rings. The van der Waals surface area contributed by atoms with Gasteiger partial charge in [0.1, 0.15) is 0 Å². The van der Waals surface area contributed by atoms with E-state index < -0.39 is 7.26 Å². The number of hydrogen-bond donors (Lipinski definition) is 0. The predicted octanol–water partition coefficient (Wildman–Crippen LogP) is 3.37. The molecule has 0 heterocycles. The van der Waals surface area contributed by atoms with Gasteiger partial charge in [-0.1, -0.05) is 0 Å². The van der Waals surface area contributed by atoms with E-state index >= 15 is 0 Å². The summed E-state index contributed by atoms with van der Waals surface area (Å²) in [6.07, 6.45) is 0. The van der Waals surface area contributed by atoms with Crippen LogP contribution in [0.5, 0.6) is 0 Å². The molecule has 114 valence electrons. The van der Waals surface area contributed by atoms with E-state index in [-0.39, 0.29) is 11.7 Å². The molecule has 0 bridgehead atoms. The molecule has 0 aliphatic carbocycles. The van der Waals surface area contributed by atoms with Crippen LogP contribution in [0.4, 0.5) is 0 Å². The van der Waals surface area contributed by atoms with Crippen molar-refractivity contribution in [2.24, 2.45) is 0 Å². The van der Waals surface area contributed by atoms with Crippen LogP contribution >= 0.6 is 7.26 Å². The summed E-state index contributed by atoms with van der Waals surface area (Å²) < 4.78 is 11.7. The zero-order valence-electron chi connectivity index (χ0n) is 13.2. The molecular weight excluding hydrogens is 279 g/mol. The first kappa shape index (κ1) is 16.2. The van der Waals surface area contributed by atoms with Crippen LogP contribution in [0.2, 0.25) is 0 Å². The molecule has 0 aliphatic heterocycles. The van der Waals surface area contributed by atoms with E-state index in [1.54, 1.807) is 14.2 Å². The van der Waals surface area contributed by atoms with Gasteiger partial charge in [0, 0.05) is 0 Å². The van der Waals surface area contributed by atoms with Gasteiger partial charge >= 0.3 is 128 Å². The quantitative estimate of drug-likeness (QED) is 0.762. The Labute approximate surface area is 128 Å². The van der Waals surface area contributed by atoms with E-state index in [2.05, 4.69) is 74.5 Å². The van der Waals surface area contributed by atoms with Crippen LogP contribution in [0.3, 0.4) is 0 Å². The van der Waals surface area contributed by atoms with Gasteiger partial charge in [0.25, 0.3) is 0 Å². The van der Waals surface area contributed by atoms with Gasteiger partial charge in [0.2, 0.25) is 0 Å². The zero-order valence-corrected chi connectivity index (χ0v) is 14.2. The fourth-order valence-corrected chi connectivity index (χ4v) is 8.34. The average Bonchev–Trinajstić information content (AvgIpc) is 2.57. The van der Waals surface area contributed by atoms with Crippen molar-refractivity contribution in [3.63, 3.8) is 0 Å². The fourth-order valence-electron chi connectivity index (χ4n) is 3.24. The minimum absolute atomic E-state index is 0.122. The van der Waals surface area contributed by atoms with Crippen molar-refractivity contribution in [2.75, 3.05) is 14.2 Å². The van der Waals surface area contributed by atoms with Crippen molar-refractivity contribution in [3.05, 3.63) is 60.7 Å². The maximum absolute atomic E-state index is 5.83. The molecule has 3 heteroatoms. The Hall–Kier alpha value is -1.21. The Bertz CT molecular complexity index is 490. The van der Waals surface area contributed by atoms with Gasteiger partial charge in [-0.05, 0) is 0 Å². The van der Waals surface area contributed by atoms with Crippen LogP contribution in [0.1, 0.15) is 13.8 Å². The second-order valence-corrected chi connectivity index (χ2v) is 9.88. The first-order valence-electron chi connectivity index (χ1n) is 7.34. The van der Waals surface area contributed by atoms with Crippen LogP contribution < -0.4 is 10.6 Å². The molecule has 0 radical (unpaired) electrons. The summed E-state index contributed by atoms with van der Waals surface area (Å²) in [6, 6.07) is 21.4. The number of benzene rings is 2. The van der Waals surface area contributed by atoms with Gasteiger partial charge in [-0.3, -0.25) is 0 Å². The van der Waals surface area contributed by atoms with Gasteiger partial charge < -0.3 is 0 Å². The van der Waals surface area contributed by atoms with Gasteiger partial charge in [-0.15, -0.1) is 0 Å². The molecule has 2 aromatic rings. The maximum atomic E-state index is 5.83. The first-order valence-corrected chi connectivity index (χ1v) is 9.50. The second-order valence-electron chi connectivity index (χ2n) is 5.36. The normalized spacial score (nSPS) is 15.4. The summed E-state index contributed by atoms with van der Waals surface area (Å²) >= 11 is 0. The van der Waals surface area contributed by atoms with E-state index in [4.69, 9.17) is 9.47 Å². The van der Waals surface area contributed by atoms with Crippen LogP contribution in [0.25, 0.3) is 0 Å². The van der Waals surface area contributed by atoms with E-state index in [1.165, 1.54) is 10.6 Å². The number of hydrogen-bond acceptors (Lipinski definition) is 2. The minimum atomic E-state index is -2.20. The van der Waals surface area contributed by atoms with E-state index in [0.29, 0.717) is 0 Å². The molecule has 0 saturated heterocycles. The summed E-state index contributed by atoms with van der Waals surface area (Å²) in [5.41, 5.74) is 0. The molecule has 21 heavy (non-hydrogen) atoms. The molecule has 0 N–H and O–H groups in total. The van der Waals surface area contributed by atoms with Gasteiger partial charge in [-0.25, -0.2) is 0 Å². The van der Waals surface area contributed by atoms with Crippen molar-refractivity contribution < 1.29 is 9.47 Å². The number of ether oxygens (including phenoxy) is 2. The Kier molecular flexibility index (Phi) is 5.52. The Balaban J connectivity index is 2.72. The topological polar surface area (TPSA) is 18.5 Å². The fraction of sp³-hybridized carbons (Fsp3) is 0.333. The number of rotatable bonds is 6. The summed E-state index contributed by atoms with van der Waals surface area (Å²) in [5.74, 6) is 0.245. The van der Waals surface area contributed by atoms with Gasteiger partial charge in [0.15, 0.2) is 0 Å². The number of methoxy groups -OCH3 is 2. The second kappa shape index (κ2) is 7.17. The third kappa shape index (κ3) is 2.89. The molecule has 0 aromatic heterocycles. The molecule has 2 unspecified atom stereocenters. The van der Waals surface area contributed by atoms with Gasteiger partial charge in [-0.2, -0.15) is 0 Å². The molecule has 0 saturated carbocycles. The Morgan fingerprint density at radius 3 is 1.29 bits per heavy atom. The standard InChI is InChI=1S/C18H25O2P/c1-15(19-3)21(16(2)20-4,17-11-7-5-8-12-17)18-13-9-6-10-14-18/h5-16,21H,1-4H3. The van der Waals surface area contributed by atoms with Crippen molar-refractivity contribution in [1.29, 1.82) is 0 Å². The van der Waals surface area contributed by atoms with Crippen LogP contribution in [0.15, 0.2) is 60.7 Å². The zero-order chi connectivity index (χ0) is 15.3. The van der Waals surface area contributed by atoms with Crippen LogP contribution in [-0.4, -0.2) is 25.9 Å². The molecule has 2 nitrogen and oxygen atoms in total. The monoisotopic (exact) mass is 304 g/mol. The van der Waals surface area contributed by atoms with Crippen molar-refractivity contribution in [2.45, 2.75) is 25.5 Å². The van der Waals surface area contributed by atoms with E-state index in [1.807, 2.05) is 0 Å². The molecule has 0 spiro atoms. The first-order chi connectivity index (χ1) is 10.2. The average molecular weight is 304 g/mol. The summed E-state index contributed by atoms with van der Waals surface area (Å²) in [4.78, 5) is 0. The molecule has 2 aromatic carbocycles. The van der Waals surface area contributed by atoms with Crippen LogP contribution in [0, 0.1) is 0 Å². The van der Waals surface area contributed by atoms with Crippen molar-refractivity contribution in [1.82, 2.24) is 0 Å². The summed E-state index contributed by atoms with van der Waals surface area (Å²) in [7, 11) is 1.39. The predicted molar refractivity (Wildman–Crippen MR) is 93.4 cm³/mol. The van der Waals surface area contributed by atoms with Gasteiger partial charge in [0.05, 0.1) is 0 Å². The third-order valence-corrected chi connectivity index (χ3v) is 10.1. The molecule has 2 atom stereocenters. The molecule has 0 amide bonds. The van der Waals surface area contributed by atoms with Crippen LogP contribution in [-0.2, 0) is 9.47 Å². The van der Waals surface area contributed by atoms with Crippen molar-refractivity contribution in [3.8, 4) is 0 Å². The SMILES string of the molecule is COC(C)[PH](c1ccccc1)(c1ccccc1)C(C)OC. The summed E-state index contributed by atoms with van der Waals surface area (Å²) in [6.45, 7) is 4.34.